The van der Waals surface area contributed by atoms with Gasteiger partial charge in [-0.25, -0.2) is 0 Å². The summed E-state index contributed by atoms with van der Waals surface area (Å²) < 4.78 is 0. The lowest BCUT2D eigenvalue weighted by Crippen LogP contribution is -2.34. The lowest BCUT2D eigenvalue weighted by atomic mass is 10.0. The van der Waals surface area contributed by atoms with E-state index in [2.05, 4.69) is 5.32 Å². The molecule has 0 saturated heterocycles. The van der Waals surface area contributed by atoms with Crippen LogP contribution in [0.2, 0.25) is 0 Å². The van der Waals surface area contributed by atoms with E-state index in [-0.39, 0.29) is 12.5 Å². The highest BCUT2D eigenvalue weighted by Gasteiger charge is 2.18. The molecule has 2 unspecified atom stereocenters. The highest BCUT2D eigenvalue weighted by Crippen LogP contribution is 2.16. The van der Waals surface area contributed by atoms with E-state index in [0.717, 1.165) is 0 Å². The normalized spacial score (nSPS) is 13.8. The summed E-state index contributed by atoms with van der Waals surface area (Å²) in [5, 5.41) is 21.8. The van der Waals surface area contributed by atoms with Crippen molar-refractivity contribution >= 4 is 12.2 Å². The predicted molar refractivity (Wildman–Crippen MR) is 61.5 cm³/mol. The first kappa shape index (κ1) is 13.3. The zero-order valence-electron chi connectivity index (χ0n) is 9.46. The number of nitrogens with one attached hydrogen (secondary N) is 1. The molecule has 3 N–H and O–H groups in total. The maximum Gasteiger partial charge on any atom is 0.216 e. The van der Waals surface area contributed by atoms with Crippen molar-refractivity contribution in [3.8, 4) is 0 Å². The second kappa shape index (κ2) is 6.12. The first-order valence-corrected chi connectivity index (χ1v) is 5.20. The highest BCUT2D eigenvalue weighted by atomic mass is 16.3. The third-order valence-electron chi connectivity index (χ3n) is 2.34. The lowest BCUT2D eigenvalue weighted by molar-refractivity contribution is -0.119. The number of hydrogen-bond acceptors (Lipinski definition) is 4. The topological polar surface area (TPSA) is 86.6 Å². The molecule has 0 aliphatic heterocycles. The molecule has 0 bridgehead atoms. The van der Waals surface area contributed by atoms with Crippen molar-refractivity contribution in [1.29, 1.82) is 0 Å². The number of rotatable bonds is 5. The largest absolute Gasteiger partial charge is 0.388 e. The van der Waals surface area contributed by atoms with Crippen molar-refractivity contribution in [2.75, 3.05) is 6.54 Å². The Kier molecular flexibility index (Phi) is 4.81. The second-order valence-corrected chi connectivity index (χ2v) is 3.73. The number of aliphatic hydroxyl groups is 2. The minimum absolute atomic E-state index is 0.0219. The molecule has 0 radical (unpaired) electrons. The Morgan fingerprint density at radius 1 is 1.35 bits per heavy atom. The van der Waals surface area contributed by atoms with Gasteiger partial charge >= 0.3 is 0 Å². The van der Waals surface area contributed by atoms with Crippen LogP contribution in [0, 0.1) is 0 Å². The molecule has 0 spiro atoms. The Balaban J connectivity index is 2.63. The quantitative estimate of drug-likeness (QED) is 0.630. The Morgan fingerprint density at radius 3 is 2.41 bits per heavy atom. The van der Waals surface area contributed by atoms with E-state index in [1.807, 2.05) is 0 Å². The predicted octanol–water partition coefficient (Wildman–Crippen LogP) is 0.0295. The van der Waals surface area contributed by atoms with Gasteiger partial charge in [0, 0.05) is 19.0 Å². The van der Waals surface area contributed by atoms with Crippen LogP contribution >= 0.6 is 0 Å². The van der Waals surface area contributed by atoms with Crippen LogP contribution < -0.4 is 5.32 Å². The molecule has 17 heavy (non-hydrogen) atoms. The number of amides is 1. The third-order valence-corrected chi connectivity index (χ3v) is 2.34. The summed E-state index contributed by atoms with van der Waals surface area (Å²) in [6, 6.07) is 6.23. The summed E-state index contributed by atoms with van der Waals surface area (Å²) in [4.78, 5) is 21.1. The van der Waals surface area contributed by atoms with Gasteiger partial charge < -0.3 is 15.5 Å². The fourth-order valence-electron chi connectivity index (χ4n) is 1.35. The van der Waals surface area contributed by atoms with E-state index in [9.17, 15) is 19.8 Å². The molecule has 0 aliphatic rings. The standard InChI is InChI=1S/C12H15NO4/c1-8(15)13-6-11(16)12(17)10-4-2-9(7-14)3-5-10/h2-5,7,11-12,16-17H,6H2,1H3,(H,13,15). The Bertz CT molecular complexity index is 388. The number of hydrogen-bond donors (Lipinski definition) is 3. The summed E-state index contributed by atoms with van der Waals surface area (Å²) in [5.41, 5.74) is 0.991. The molecule has 0 aliphatic carbocycles. The van der Waals surface area contributed by atoms with Gasteiger partial charge in [0.25, 0.3) is 0 Å². The van der Waals surface area contributed by atoms with Gasteiger partial charge in [0.1, 0.15) is 18.5 Å². The second-order valence-electron chi connectivity index (χ2n) is 3.73. The maximum absolute atomic E-state index is 10.6. The van der Waals surface area contributed by atoms with Crippen LogP contribution in [-0.4, -0.2) is 35.1 Å². The van der Waals surface area contributed by atoms with Gasteiger partial charge in [-0.15, -0.1) is 0 Å². The van der Waals surface area contributed by atoms with Gasteiger partial charge in [0.15, 0.2) is 0 Å². The van der Waals surface area contributed by atoms with E-state index in [1.165, 1.54) is 6.92 Å². The van der Waals surface area contributed by atoms with Crippen molar-refractivity contribution in [3.63, 3.8) is 0 Å². The minimum atomic E-state index is -1.09. The van der Waals surface area contributed by atoms with E-state index in [1.54, 1.807) is 24.3 Å². The molecular weight excluding hydrogens is 222 g/mol. The van der Waals surface area contributed by atoms with Crippen LogP contribution in [0.1, 0.15) is 28.9 Å². The van der Waals surface area contributed by atoms with Crippen molar-refractivity contribution in [2.45, 2.75) is 19.1 Å². The molecule has 5 heteroatoms. The van der Waals surface area contributed by atoms with E-state index in [0.29, 0.717) is 17.4 Å². The van der Waals surface area contributed by atoms with Crippen LogP contribution in [-0.2, 0) is 4.79 Å². The smallest absolute Gasteiger partial charge is 0.216 e. The molecule has 0 heterocycles. The summed E-state index contributed by atoms with van der Waals surface area (Å²) in [6.07, 6.45) is -1.48. The zero-order valence-corrected chi connectivity index (χ0v) is 9.46. The molecule has 0 fully saturated rings. The van der Waals surface area contributed by atoms with Gasteiger partial charge in [0.2, 0.25) is 5.91 Å². The molecule has 0 aromatic heterocycles. The van der Waals surface area contributed by atoms with Crippen LogP contribution in [0.3, 0.4) is 0 Å². The lowest BCUT2D eigenvalue weighted by Gasteiger charge is -2.18. The van der Waals surface area contributed by atoms with Crippen molar-refractivity contribution in [2.24, 2.45) is 0 Å². The minimum Gasteiger partial charge on any atom is -0.388 e. The van der Waals surface area contributed by atoms with Crippen LogP contribution in [0.15, 0.2) is 24.3 Å². The molecular formula is C12H15NO4. The average Bonchev–Trinajstić information content (AvgIpc) is 2.35. The van der Waals surface area contributed by atoms with E-state index < -0.39 is 12.2 Å². The molecule has 2 atom stereocenters. The van der Waals surface area contributed by atoms with Crippen molar-refractivity contribution < 1.29 is 19.8 Å². The van der Waals surface area contributed by atoms with Crippen molar-refractivity contribution in [1.82, 2.24) is 5.32 Å². The summed E-state index contributed by atoms with van der Waals surface area (Å²) in [7, 11) is 0. The summed E-state index contributed by atoms with van der Waals surface area (Å²) in [6.45, 7) is 1.31. The summed E-state index contributed by atoms with van der Waals surface area (Å²) in [5.74, 6) is -0.271. The average molecular weight is 237 g/mol. The van der Waals surface area contributed by atoms with Gasteiger partial charge in [-0.1, -0.05) is 24.3 Å². The monoisotopic (exact) mass is 237 g/mol. The molecule has 92 valence electrons. The SMILES string of the molecule is CC(=O)NCC(O)C(O)c1ccc(C=O)cc1. The Morgan fingerprint density at radius 2 is 1.94 bits per heavy atom. The van der Waals surface area contributed by atoms with Gasteiger partial charge in [-0.05, 0) is 5.56 Å². The number of aliphatic hydroxyl groups excluding tert-OH is 2. The van der Waals surface area contributed by atoms with Crippen LogP contribution in [0.25, 0.3) is 0 Å². The number of carbonyl (C=O) groups excluding carboxylic acids is 2. The Hall–Kier alpha value is -1.72. The number of benzene rings is 1. The van der Waals surface area contributed by atoms with E-state index >= 15 is 0 Å². The fourth-order valence-corrected chi connectivity index (χ4v) is 1.35. The van der Waals surface area contributed by atoms with Gasteiger partial charge in [-0.3, -0.25) is 9.59 Å². The van der Waals surface area contributed by atoms with Gasteiger partial charge in [0.05, 0.1) is 0 Å². The molecule has 1 aromatic carbocycles. The first-order chi connectivity index (χ1) is 8.04. The molecule has 5 nitrogen and oxygen atoms in total. The third kappa shape index (κ3) is 3.97. The van der Waals surface area contributed by atoms with E-state index in [4.69, 9.17) is 0 Å². The molecule has 1 aromatic rings. The fraction of sp³-hybridized carbons (Fsp3) is 0.333. The zero-order chi connectivity index (χ0) is 12.8. The van der Waals surface area contributed by atoms with Crippen molar-refractivity contribution in [3.05, 3.63) is 35.4 Å². The van der Waals surface area contributed by atoms with Crippen LogP contribution in [0.5, 0.6) is 0 Å². The molecule has 0 saturated carbocycles. The highest BCUT2D eigenvalue weighted by molar-refractivity contribution is 5.74. The van der Waals surface area contributed by atoms with Gasteiger partial charge in [-0.2, -0.15) is 0 Å². The number of aldehydes is 1. The maximum atomic E-state index is 10.6. The number of carbonyl (C=O) groups is 2. The Labute approximate surface area is 99.1 Å². The first-order valence-electron chi connectivity index (χ1n) is 5.20. The van der Waals surface area contributed by atoms with Crippen LogP contribution in [0.4, 0.5) is 0 Å². The molecule has 1 amide bonds. The molecule has 1 rings (SSSR count). The summed E-state index contributed by atoms with van der Waals surface area (Å²) >= 11 is 0.